The minimum atomic E-state index is -4.52. The van der Waals surface area contributed by atoms with Crippen molar-refractivity contribution in [2.24, 2.45) is 0 Å². The Morgan fingerprint density at radius 2 is 2.19 bits per heavy atom. The van der Waals surface area contributed by atoms with Gasteiger partial charge in [0.05, 0.1) is 17.3 Å². The zero-order valence-electron chi connectivity index (χ0n) is 10.4. The molecule has 0 amide bonds. The van der Waals surface area contributed by atoms with Crippen LogP contribution >= 0.6 is 0 Å². The van der Waals surface area contributed by atoms with Crippen molar-refractivity contribution >= 4 is 5.78 Å². The molecule has 0 aliphatic carbocycles. The topological polar surface area (TPSA) is 84.5 Å². The van der Waals surface area contributed by atoms with Crippen LogP contribution < -0.4 is 0 Å². The maximum absolute atomic E-state index is 12.4. The number of Topliss-reactive ketones (excluding diaryl/α,β-unsaturated/α-hetero) is 1. The summed E-state index contributed by atoms with van der Waals surface area (Å²) in [5, 5.41) is 12.7. The van der Waals surface area contributed by atoms with Crippen molar-refractivity contribution in [3.63, 3.8) is 0 Å². The molecule has 2 heterocycles. The van der Waals surface area contributed by atoms with Gasteiger partial charge in [-0.1, -0.05) is 0 Å². The Bertz CT molecular complexity index is 658. The fraction of sp³-hybridized carbons (Fsp3) is 0.250. The number of hydrogen-bond donors (Lipinski definition) is 0. The van der Waals surface area contributed by atoms with E-state index in [-0.39, 0.29) is 12.2 Å². The molecule has 2 aromatic rings. The highest BCUT2D eigenvalue weighted by Crippen LogP contribution is 2.29. The zero-order valence-corrected chi connectivity index (χ0v) is 10.4. The van der Waals surface area contributed by atoms with Gasteiger partial charge in [-0.05, 0) is 12.1 Å². The van der Waals surface area contributed by atoms with Crippen LogP contribution in [0.4, 0.5) is 13.2 Å². The molecule has 2 rings (SSSR count). The third-order valence-corrected chi connectivity index (χ3v) is 2.64. The van der Waals surface area contributed by atoms with E-state index >= 15 is 0 Å². The van der Waals surface area contributed by atoms with Crippen LogP contribution in [-0.4, -0.2) is 25.5 Å². The van der Waals surface area contributed by atoms with Crippen LogP contribution in [0.3, 0.4) is 0 Å². The molecule has 9 heteroatoms. The van der Waals surface area contributed by atoms with Gasteiger partial charge < -0.3 is 0 Å². The lowest BCUT2D eigenvalue weighted by Gasteiger charge is -2.10. The fourth-order valence-electron chi connectivity index (χ4n) is 1.61. The first-order chi connectivity index (χ1) is 9.91. The number of alkyl halides is 3. The van der Waals surface area contributed by atoms with E-state index in [1.807, 2.05) is 0 Å². The van der Waals surface area contributed by atoms with Gasteiger partial charge in [0.2, 0.25) is 0 Å². The molecule has 0 bridgehead atoms. The van der Waals surface area contributed by atoms with Crippen LogP contribution in [0.1, 0.15) is 17.2 Å². The Balaban J connectivity index is 2.18. The first-order valence-corrected chi connectivity index (χ1v) is 5.69. The summed E-state index contributed by atoms with van der Waals surface area (Å²) in [5.41, 5.74) is -0.970. The molecule has 0 aliphatic heterocycles. The number of aromatic nitrogens is 4. The van der Waals surface area contributed by atoms with Gasteiger partial charge in [0.1, 0.15) is 25.1 Å². The summed E-state index contributed by atoms with van der Waals surface area (Å²) in [6.45, 7) is -0.207. The van der Waals surface area contributed by atoms with Crippen molar-refractivity contribution in [2.75, 3.05) is 0 Å². The number of nitrogens with zero attached hydrogens (tertiary/aromatic N) is 5. The van der Waals surface area contributed by atoms with Gasteiger partial charge in [0.25, 0.3) is 0 Å². The van der Waals surface area contributed by atoms with Gasteiger partial charge in [-0.3, -0.25) is 9.78 Å². The van der Waals surface area contributed by atoms with E-state index in [9.17, 15) is 18.0 Å². The lowest BCUT2D eigenvalue weighted by Crippen LogP contribution is -2.19. The van der Waals surface area contributed by atoms with Gasteiger partial charge in [0.15, 0.2) is 5.78 Å². The van der Waals surface area contributed by atoms with E-state index in [0.29, 0.717) is 6.20 Å². The number of pyridine rings is 1. The maximum Gasteiger partial charge on any atom is 0.417 e. The number of nitriles is 1. The monoisotopic (exact) mass is 295 g/mol. The Hall–Kier alpha value is -2.76. The molecule has 0 aliphatic rings. The molecule has 0 fully saturated rings. The second kappa shape index (κ2) is 5.70. The van der Waals surface area contributed by atoms with Crippen molar-refractivity contribution in [2.45, 2.75) is 18.6 Å². The van der Waals surface area contributed by atoms with Gasteiger partial charge in [-0.15, -0.1) is 0 Å². The SMILES string of the molecule is N#CC(C(=O)Cn1cncn1)c1ccc(C(F)(F)F)cn1. The fourth-order valence-corrected chi connectivity index (χ4v) is 1.61. The second-order valence-corrected chi connectivity index (χ2v) is 4.09. The van der Waals surface area contributed by atoms with E-state index in [1.54, 1.807) is 6.07 Å². The predicted molar refractivity (Wildman–Crippen MR) is 62.6 cm³/mol. The Labute approximate surface area is 116 Å². The first kappa shape index (κ1) is 14.6. The van der Waals surface area contributed by atoms with E-state index in [0.717, 1.165) is 12.1 Å². The number of carbonyl (C=O) groups excluding carboxylic acids is 1. The van der Waals surface area contributed by atoms with Crippen LogP contribution in [0.15, 0.2) is 31.0 Å². The smallest absolute Gasteiger partial charge is 0.296 e. The molecule has 0 aromatic carbocycles. The van der Waals surface area contributed by atoms with Gasteiger partial charge >= 0.3 is 6.18 Å². The highest BCUT2D eigenvalue weighted by Gasteiger charge is 2.31. The van der Waals surface area contributed by atoms with E-state index in [4.69, 9.17) is 5.26 Å². The lowest BCUT2D eigenvalue weighted by molar-refractivity contribution is -0.137. The molecule has 0 spiro atoms. The summed E-state index contributed by atoms with van der Waals surface area (Å²) < 4.78 is 38.5. The van der Waals surface area contributed by atoms with Crippen LogP contribution in [0.5, 0.6) is 0 Å². The van der Waals surface area contributed by atoms with Crippen LogP contribution in [-0.2, 0) is 17.5 Å². The second-order valence-electron chi connectivity index (χ2n) is 4.09. The molecular formula is C12H8F3N5O. The number of carbonyl (C=O) groups is 1. The molecule has 0 radical (unpaired) electrons. The molecule has 0 N–H and O–H groups in total. The summed E-state index contributed by atoms with van der Waals surface area (Å²) in [6, 6.07) is 3.54. The largest absolute Gasteiger partial charge is 0.417 e. The van der Waals surface area contributed by atoms with Crippen molar-refractivity contribution < 1.29 is 18.0 Å². The Morgan fingerprint density at radius 1 is 1.43 bits per heavy atom. The van der Waals surface area contributed by atoms with E-state index in [2.05, 4.69) is 15.1 Å². The number of halogens is 3. The van der Waals surface area contributed by atoms with E-state index < -0.39 is 23.4 Å². The van der Waals surface area contributed by atoms with Crippen molar-refractivity contribution in [1.29, 1.82) is 5.26 Å². The summed E-state index contributed by atoms with van der Waals surface area (Å²) in [4.78, 5) is 19.2. The standard InChI is InChI=1S/C12H8F3N5O/c13-12(14,15)8-1-2-10(18-4-8)9(3-16)11(21)5-20-7-17-6-19-20/h1-2,4,6-7,9H,5H2. The summed E-state index contributed by atoms with van der Waals surface area (Å²) in [7, 11) is 0. The van der Waals surface area contributed by atoms with Crippen molar-refractivity contribution in [3.05, 3.63) is 42.2 Å². The van der Waals surface area contributed by atoms with Crippen LogP contribution in [0.25, 0.3) is 0 Å². The Kier molecular flexibility index (Phi) is 3.98. The molecule has 1 unspecified atom stereocenters. The molecule has 1 atom stereocenters. The van der Waals surface area contributed by atoms with E-state index in [1.165, 1.54) is 17.3 Å². The molecule has 108 valence electrons. The molecule has 6 nitrogen and oxygen atoms in total. The average Bonchev–Trinajstić information content (AvgIpc) is 2.92. The van der Waals surface area contributed by atoms with Crippen LogP contribution in [0, 0.1) is 11.3 Å². The quantitative estimate of drug-likeness (QED) is 0.854. The zero-order chi connectivity index (χ0) is 15.5. The van der Waals surface area contributed by atoms with Gasteiger partial charge in [0, 0.05) is 6.20 Å². The van der Waals surface area contributed by atoms with Crippen molar-refractivity contribution in [3.8, 4) is 6.07 Å². The molecule has 0 saturated carbocycles. The predicted octanol–water partition coefficient (Wildman–Crippen LogP) is 1.57. The molecule has 0 saturated heterocycles. The minimum Gasteiger partial charge on any atom is -0.296 e. The molecule has 2 aromatic heterocycles. The number of rotatable bonds is 4. The molecular weight excluding hydrogens is 287 g/mol. The summed E-state index contributed by atoms with van der Waals surface area (Å²) in [6.07, 6.45) is -1.39. The normalized spacial score (nSPS) is 12.7. The third kappa shape index (κ3) is 3.42. The lowest BCUT2D eigenvalue weighted by atomic mass is 10.0. The van der Waals surface area contributed by atoms with Gasteiger partial charge in [-0.2, -0.15) is 23.5 Å². The maximum atomic E-state index is 12.4. The Morgan fingerprint density at radius 3 is 2.67 bits per heavy atom. The van der Waals surface area contributed by atoms with Crippen molar-refractivity contribution in [1.82, 2.24) is 19.7 Å². The van der Waals surface area contributed by atoms with Crippen LogP contribution in [0.2, 0.25) is 0 Å². The summed E-state index contributed by atoms with van der Waals surface area (Å²) >= 11 is 0. The minimum absolute atomic E-state index is 0.0318. The van der Waals surface area contributed by atoms with Gasteiger partial charge in [-0.25, -0.2) is 9.67 Å². The number of hydrogen-bond acceptors (Lipinski definition) is 5. The highest BCUT2D eigenvalue weighted by molar-refractivity contribution is 5.87. The highest BCUT2D eigenvalue weighted by atomic mass is 19.4. The average molecular weight is 295 g/mol. The molecule has 21 heavy (non-hydrogen) atoms. The third-order valence-electron chi connectivity index (χ3n) is 2.64. The first-order valence-electron chi connectivity index (χ1n) is 5.69. The summed E-state index contributed by atoms with van der Waals surface area (Å²) in [5.74, 6) is -1.79. The number of ketones is 1.